The molecule has 0 aliphatic rings. The van der Waals surface area contributed by atoms with Crippen LogP contribution in [0.15, 0.2) is 36.4 Å². The zero-order valence-electron chi connectivity index (χ0n) is 14.1. The highest BCUT2D eigenvalue weighted by atomic mass is 16.4. The van der Waals surface area contributed by atoms with E-state index in [1.165, 1.54) is 12.1 Å². The molecule has 1 unspecified atom stereocenters. The van der Waals surface area contributed by atoms with Crippen LogP contribution in [0.4, 0.5) is 0 Å². The SMILES string of the molecule is CCc1c(CC(N)C(=O)O)cccc1-c1cc(C(=O)O)cc(C(=O)O)c1. The molecule has 7 heteroatoms. The summed E-state index contributed by atoms with van der Waals surface area (Å²) in [7, 11) is 0. The van der Waals surface area contributed by atoms with Crippen LogP contribution in [0.25, 0.3) is 11.1 Å². The Bertz CT molecular complexity index is 842. The van der Waals surface area contributed by atoms with Crippen LogP contribution in [0.3, 0.4) is 0 Å². The molecule has 136 valence electrons. The predicted octanol–water partition coefficient (Wildman–Crippen LogP) is 2.27. The molecule has 0 saturated heterocycles. The molecule has 2 rings (SSSR count). The van der Waals surface area contributed by atoms with Crippen molar-refractivity contribution in [2.45, 2.75) is 25.8 Å². The second-order valence-electron chi connectivity index (χ2n) is 5.86. The van der Waals surface area contributed by atoms with Crippen molar-refractivity contribution in [2.24, 2.45) is 5.73 Å². The number of carboxylic acid groups (broad SMARTS) is 3. The van der Waals surface area contributed by atoms with Gasteiger partial charge >= 0.3 is 17.9 Å². The molecule has 5 N–H and O–H groups in total. The molecular weight excluding hydrogens is 338 g/mol. The Labute approximate surface area is 149 Å². The Morgan fingerprint density at radius 3 is 2.04 bits per heavy atom. The van der Waals surface area contributed by atoms with Gasteiger partial charge in [-0.05, 0) is 53.3 Å². The highest BCUT2D eigenvalue weighted by Gasteiger charge is 2.18. The zero-order valence-corrected chi connectivity index (χ0v) is 14.1. The molecule has 7 nitrogen and oxygen atoms in total. The lowest BCUT2D eigenvalue weighted by molar-refractivity contribution is -0.138. The Morgan fingerprint density at radius 2 is 1.58 bits per heavy atom. The Balaban J connectivity index is 2.63. The number of carboxylic acids is 3. The smallest absolute Gasteiger partial charge is 0.335 e. The van der Waals surface area contributed by atoms with Gasteiger partial charge in [-0.25, -0.2) is 9.59 Å². The summed E-state index contributed by atoms with van der Waals surface area (Å²) >= 11 is 0. The number of hydrogen-bond donors (Lipinski definition) is 4. The quantitative estimate of drug-likeness (QED) is 0.596. The summed E-state index contributed by atoms with van der Waals surface area (Å²) < 4.78 is 0. The number of hydrogen-bond acceptors (Lipinski definition) is 4. The Kier molecular flexibility index (Phi) is 5.74. The highest BCUT2D eigenvalue weighted by Crippen LogP contribution is 2.29. The zero-order chi connectivity index (χ0) is 19.4. The van der Waals surface area contributed by atoms with Gasteiger partial charge in [0.25, 0.3) is 0 Å². The lowest BCUT2D eigenvalue weighted by Crippen LogP contribution is -2.32. The van der Waals surface area contributed by atoms with Crippen molar-refractivity contribution in [2.75, 3.05) is 0 Å². The Hall–Kier alpha value is -3.19. The molecule has 0 aromatic heterocycles. The largest absolute Gasteiger partial charge is 0.480 e. The van der Waals surface area contributed by atoms with Crippen LogP contribution >= 0.6 is 0 Å². The maximum Gasteiger partial charge on any atom is 0.335 e. The molecule has 0 amide bonds. The fourth-order valence-electron chi connectivity index (χ4n) is 2.87. The summed E-state index contributed by atoms with van der Waals surface area (Å²) in [6.45, 7) is 1.88. The number of nitrogens with two attached hydrogens (primary N) is 1. The van der Waals surface area contributed by atoms with Crippen LogP contribution in [-0.4, -0.2) is 39.3 Å². The molecule has 0 spiro atoms. The van der Waals surface area contributed by atoms with E-state index in [1.807, 2.05) is 6.92 Å². The molecule has 2 aromatic carbocycles. The lowest BCUT2D eigenvalue weighted by atomic mass is 9.89. The van der Waals surface area contributed by atoms with Gasteiger partial charge in [0.15, 0.2) is 0 Å². The van der Waals surface area contributed by atoms with Crippen LogP contribution in [0.1, 0.15) is 38.8 Å². The van der Waals surface area contributed by atoms with Crippen LogP contribution in [-0.2, 0) is 17.6 Å². The van der Waals surface area contributed by atoms with Gasteiger partial charge in [0.05, 0.1) is 11.1 Å². The van der Waals surface area contributed by atoms with E-state index in [-0.39, 0.29) is 17.5 Å². The second kappa shape index (κ2) is 7.79. The first-order chi connectivity index (χ1) is 12.2. The molecule has 26 heavy (non-hydrogen) atoms. The van der Waals surface area contributed by atoms with Crippen LogP contribution in [0, 0.1) is 0 Å². The second-order valence-corrected chi connectivity index (χ2v) is 5.86. The van der Waals surface area contributed by atoms with Gasteiger partial charge < -0.3 is 21.1 Å². The van der Waals surface area contributed by atoms with Crippen LogP contribution in [0.2, 0.25) is 0 Å². The summed E-state index contributed by atoms with van der Waals surface area (Å²) in [4.78, 5) is 33.7. The van der Waals surface area contributed by atoms with E-state index in [2.05, 4.69) is 0 Å². The van der Waals surface area contributed by atoms with Gasteiger partial charge in [0, 0.05) is 0 Å². The first kappa shape index (κ1) is 19.1. The third-order valence-electron chi connectivity index (χ3n) is 4.12. The van der Waals surface area contributed by atoms with E-state index in [4.69, 9.17) is 10.8 Å². The summed E-state index contributed by atoms with van der Waals surface area (Å²) in [5, 5.41) is 27.5. The van der Waals surface area contributed by atoms with Gasteiger partial charge in [-0.2, -0.15) is 0 Å². The van der Waals surface area contributed by atoms with Gasteiger partial charge in [-0.1, -0.05) is 25.1 Å². The molecule has 0 aliphatic heterocycles. The monoisotopic (exact) mass is 357 g/mol. The van der Waals surface area contributed by atoms with Gasteiger partial charge in [-0.15, -0.1) is 0 Å². The van der Waals surface area contributed by atoms with E-state index in [1.54, 1.807) is 18.2 Å². The normalized spacial score (nSPS) is 11.8. The number of aromatic carboxylic acids is 2. The third-order valence-corrected chi connectivity index (χ3v) is 4.12. The lowest BCUT2D eigenvalue weighted by Gasteiger charge is -2.16. The number of carbonyl (C=O) groups is 3. The highest BCUT2D eigenvalue weighted by molar-refractivity contribution is 5.96. The minimum Gasteiger partial charge on any atom is -0.480 e. The maximum atomic E-state index is 11.3. The molecule has 0 bridgehead atoms. The van der Waals surface area contributed by atoms with Crippen molar-refractivity contribution in [3.05, 3.63) is 58.7 Å². The topological polar surface area (TPSA) is 138 Å². The fraction of sp³-hybridized carbons (Fsp3) is 0.211. The molecule has 0 aliphatic carbocycles. The van der Waals surface area contributed by atoms with Crippen LogP contribution in [0.5, 0.6) is 0 Å². The molecule has 0 heterocycles. The fourth-order valence-corrected chi connectivity index (χ4v) is 2.87. The maximum absolute atomic E-state index is 11.3. The summed E-state index contributed by atoms with van der Waals surface area (Å²) in [5.74, 6) is -3.56. The van der Waals surface area contributed by atoms with Crippen molar-refractivity contribution in [1.29, 1.82) is 0 Å². The van der Waals surface area contributed by atoms with Crippen molar-refractivity contribution in [3.8, 4) is 11.1 Å². The van der Waals surface area contributed by atoms with Crippen molar-refractivity contribution < 1.29 is 29.7 Å². The molecule has 0 fully saturated rings. The van der Waals surface area contributed by atoms with E-state index in [0.29, 0.717) is 17.5 Å². The first-order valence-electron chi connectivity index (χ1n) is 7.95. The minimum atomic E-state index is -1.23. The molecule has 0 saturated carbocycles. The van der Waals surface area contributed by atoms with Gasteiger partial charge in [0.2, 0.25) is 0 Å². The van der Waals surface area contributed by atoms with Gasteiger partial charge in [-0.3, -0.25) is 4.79 Å². The molecule has 1 atom stereocenters. The summed E-state index contributed by atoms with van der Waals surface area (Å²) in [6, 6.07) is 8.09. The minimum absolute atomic E-state index is 0.122. The van der Waals surface area contributed by atoms with E-state index in [9.17, 15) is 24.6 Å². The predicted molar refractivity (Wildman–Crippen MR) is 94.5 cm³/mol. The average Bonchev–Trinajstić information content (AvgIpc) is 2.60. The van der Waals surface area contributed by atoms with Crippen LogP contribution < -0.4 is 5.73 Å². The molecule has 0 radical (unpaired) electrons. The standard InChI is InChI=1S/C19H19NO6/c1-2-14-10(9-16(20)19(25)26)4-3-5-15(14)11-6-12(17(21)22)8-13(7-11)18(23)24/h3-8,16H,2,9,20H2,1H3,(H,21,22)(H,23,24)(H,25,26). The number of benzene rings is 2. The van der Waals surface area contributed by atoms with Crippen molar-refractivity contribution >= 4 is 17.9 Å². The number of rotatable bonds is 7. The number of aliphatic carboxylic acids is 1. The average molecular weight is 357 g/mol. The van der Waals surface area contributed by atoms with E-state index >= 15 is 0 Å². The van der Waals surface area contributed by atoms with E-state index in [0.717, 1.165) is 17.2 Å². The molecule has 2 aromatic rings. The van der Waals surface area contributed by atoms with E-state index < -0.39 is 23.9 Å². The molecular formula is C19H19NO6. The van der Waals surface area contributed by atoms with Crippen molar-refractivity contribution in [3.63, 3.8) is 0 Å². The Morgan fingerprint density at radius 1 is 1.00 bits per heavy atom. The summed E-state index contributed by atoms with van der Waals surface area (Å²) in [6.07, 6.45) is 0.675. The first-order valence-corrected chi connectivity index (χ1v) is 7.95. The van der Waals surface area contributed by atoms with Crippen molar-refractivity contribution in [1.82, 2.24) is 0 Å². The summed E-state index contributed by atoms with van der Waals surface area (Å²) in [5.41, 5.74) is 8.03. The third kappa shape index (κ3) is 4.07. The van der Waals surface area contributed by atoms with Gasteiger partial charge in [0.1, 0.15) is 6.04 Å².